The summed E-state index contributed by atoms with van der Waals surface area (Å²) >= 11 is 6.16. The molecule has 2 aliphatic heterocycles. The van der Waals surface area contributed by atoms with Crippen LogP contribution < -0.4 is 0 Å². The van der Waals surface area contributed by atoms with Gasteiger partial charge in [-0.15, -0.1) is 0 Å². The number of sulfonamides is 1. The number of benzene rings is 1. The molecule has 0 aliphatic carbocycles. The van der Waals surface area contributed by atoms with Gasteiger partial charge in [0.15, 0.2) is 0 Å². The largest absolute Gasteiger partial charge is 0.339 e. The number of carbonyl (C=O) groups is 1. The van der Waals surface area contributed by atoms with E-state index in [1.165, 1.54) is 22.5 Å². The topological polar surface area (TPSA) is 57.7 Å². The molecule has 3 rings (SSSR count). The van der Waals surface area contributed by atoms with Crippen LogP contribution in [0.3, 0.4) is 0 Å². The minimum Gasteiger partial charge on any atom is -0.339 e. The summed E-state index contributed by atoms with van der Waals surface area (Å²) in [5, 5.41) is 0.306. The molecule has 0 spiro atoms. The Labute approximate surface area is 142 Å². The van der Waals surface area contributed by atoms with Crippen molar-refractivity contribution < 1.29 is 13.2 Å². The third kappa shape index (κ3) is 3.39. The second-order valence-electron chi connectivity index (χ2n) is 6.11. The normalized spacial score (nSPS) is 20.0. The molecule has 0 aromatic heterocycles. The first-order valence-electron chi connectivity index (χ1n) is 8.09. The lowest BCUT2D eigenvalue weighted by atomic mass is 10.1. The zero-order valence-electron chi connectivity index (χ0n) is 13.0. The SMILES string of the molecule is O=C(c1cc(S(=O)(=O)N2CCCC2)ccc1Cl)N1CCCCC1. The zero-order valence-corrected chi connectivity index (χ0v) is 14.6. The van der Waals surface area contributed by atoms with Crippen molar-refractivity contribution in [2.24, 2.45) is 0 Å². The molecule has 2 heterocycles. The van der Waals surface area contributed by atoms with Gasteiger partial charge in [0.05, 0.1) is 15.5 Å². The maximum atomic E-state index is 12.7. The van der Waals surface area contributed by atoms with Gasteiger partial charge in [-0.2, -0.15) is 4.31 Å². The molecule has 1 aromatic carbocycles. The second-order valence-corrected chi connectivity index (χ2v) is 8.45. The quantitative estimate of drug-likeness (QED) is 0.836. The van der Waals surface area contributed by atoms with E-state index in [0.717, 1.165) is 32.1 Å². The van der Waals surface area contributed by atoms with E-state index in [0.29, 0.717) is 31.2 Å². The van der Waals surface area contributed by atoms with Gasteiger partial charge in [0, 0.05) is 26.2 Å². The van der Waals surface area contributed by atoms with Gasteiger partial charge in [-0.3, -0.25) is 4.79 Å². The predicted molar refractivity (Wildman–Crippen MR) is 89.2 cm³/mol. The number of likely N-dealkylation sites (tertiary alicyclic amines) is 1. The summed E-state index contributed by atoms with van der Waals surface area (Å²) in [5.74, 6) is -0.173. The lowest BCUT2D eigenvalue weighted by molar-refractivity contribution is 0.0724. The standard InChI is InChI=1S/C16H21ClN2O3S/c17-15-7-6-13(23(21,22)19-10-4-5-11-19)12-14(15)16(20)18-8-2-1-3-9-18/h6-7,12H,1-5,8-11H2. The number of hydrogen-bond acceptors (Lipinski definition) is 3. The van der Waals surface area contributed by atoms with E-state index in [1.54, 1.807) is 4.90 Å². The Hall–Kier alpha value is -1.11. The maximum absolute atomic E-state index is 12.7. The number of rotatable bonds is 3. The molecule has 0 N–H and O–H groups in total. The monoisotopic (exact) mass is 356 g/mol. The van der Waals surface area contributed by atoms with E-state index in [9.17, 15) is 13.2 Å². The molecule has 1 aromatic rings. The van der Waals surface area contributed by atoms with Crippen LogP contribution in [0.1, 0.15) is 42.5 Å². The Morgan fingerprint density at radius 3 is 2.22 bits per heavy atom. The molecule has 1 amide bonds. The summed E-state index contributed by atoms with van der Waals surface area (Å²) in [6, 6.07) is 4.44. The summed E-state index contributed by atoms with van der Waals surface area (Å²) in [5.41, 5.74) is 0.286. The molecule has 0 saturated carbocycles. The van der Waals surface area contributed by atoms with Crippen LogP contribution >= 0.6 is 11.6 Å². The van der Waals surface area contributed by atoms with Crippen LogP contribution in [0.4, 0.5) is 0 Å². The smallest absolute Gasteiger partial charge is 0.255 e. The van der Waals surface area contributed by atoms with Gasteiger partial charge in [-0.25, -0.2) is 8.42 Å². The van der Waals surface area contributed by atoms with E-state index >= 15 is 0 Å². The molecule has 7 heteroatoms. The molecule has 0 atom stereocenters. The van der Waals surface area contributed by atoms with Crippen LogP contribution in [0.5, 0.6) is 0 Å². The minimum absolute atomic E-state index is 0.157. The van der Waals surface area contributed by atoms with Crippen LogP contribution in [0, 0.1) is 0 Å². The third-order valence-corrected chi connectivity index (χ3v) is 6.74. The molecule has 126 valence electrons. The second kappa shape index (κ2) is 6.79. The van der Waals surface area contributed by atoms with Crippen molar-refractivity contribution in [1.82, 2.24) is 9.21 Å². The average molecular weight is 357 g/mol. The van der Waals surface area contributed by atoms with Gasteiger partial charge in [0.2, 0.25) is 10.0 Å². The molecular weight excluding hydrogens is 336 g/mol. The van der Waals surface area contributed by atoms with Crippen molar-refractivity contribution in [3.8, 4) is 0 Å². The number of hydrogen-bond donors (Lipinski definition) is 0. The van der Waals surface area contributed by atoms with Crippen molar-refractivity contribution in [1.29, 1.82) is 0 Å². The van der Waals surface area contributed by atoms with Crippen molar-refractivity contribution in [3.63, 3.8) is 0 Å². The van der Waals surface area contributed by atoms with Crippen LogP contribution in [0.25, 0.3) is 0 Å². The van der Waals surface area contributed by atoms with Crippen molar-refractivity contribution in [2.45, 2.75) is 37.0 Å². The Morgan fingerprint density at radius 1 is 0.957 bits per heavy atom. The van der Waals surface area contributed by atoms with E-state index in [2.05, 4.69) is 0 Å². The Balaban J connectivity index is 1.91. The molecule has 2 aliphatic rings. The molecule has 0 radical (unpaired) electrons. The van der Waals surface area contributed by atoms with Gasteiger partial charge in [-0.05, 0) is 50.3 Å². The average Bonchev–Trinajstić information content (AvgIpc) is 3.10. The van der Waals surface area contributed by atoms with Crippen LogP contribution in [-0.2, 0) is 10.0 Å². The van der Waals surface area contributed by atoms with E-state index in [4.69, 9.17) is 11.6 Å². The third-order valence-electron chi connectivity index (χ3n) is 4.51. The molecule has 0 unspecified atom stereocenters. The van der Waals surface area contributed by atoms with Gasteiger partial charge < -0.3 is 4.90 Å². The van der Waals surface area contributed by atoms with Gasteiger partial charge in [-0.1, -0.05) is 11.6 Å². The number of halogens is 1. The van der Waals surface area contributed by atoms with Crippen molar-refractivity contribution >= 4 is 27.5 Å². The number of piperidine rings is 1. The first-order valence-corrected chi connectivity index (χ1v) is 9.91. The first-order chi connectivity index (χ1) is 11.0. The Kier molecular flexibility index (Phi) is 4.94. The molecule has 0 bridgehead atoms. The highest BCUT2D eigenvalue weighted by atomic mass is 35.5. The summed E-state index contributed by atoms with van der Waals surface area (Å²) in [6.45, 7) is 2.50. The van der Waals surface area contributed by atoms with E-state index in [1.807, 2.05) is 0 Å². The Bertz CT molecular complexity index is 693. The molecular formula is C16H21ClN2O3S. The fraction of sp³-hybridized carbons (Fsp3) is 0.562. The molecule has 5 nitrogen and oxygen atoms in total. The summed E-state index contributed by atoms with van der Waals surface area (Å²) < 4.78 is 26.8. The molecule has 23 heavy (non-hydrogen) atoms. The van der Waals surface area contributed by atoms with Crippen molar-refractivity contribution in [2.75, 3.05) is 26.2 Å². The lowest BCUT2D eigenvalue weighted by Crippen LogP contribution is -2.36. The van der Waals surface area contributed by atoms with Crippen LogP contribution in [0.15, 0.2) is 23.1 Å². The van der Waals surface area contributed by atoms with E-state index < -0.39 is 10.0 Å². The van der Waals surface area contributed by atoms with Gasteiger partial charge >= 0.3 is 0 Å². The van der Waals surface area contributed by atoms with Gasteiger partial charge in [0.25, 0.3) is 5.91 Å². The summed E-state index contributed by atoms with van der Waals surface area (Å²) in [4.78, 5) is 14.6. The minimum atomic E-state index is -3.54. The highest BCUT2D eigenvalue weighted by Gasteiger charge is 2.29. The highest BCUT2D eigenvalue weighted by molar-refractivity contribution is 7.89. The van der Waals surface area contributed by atoms with Gasteiger partial charge in [0.1, 0.15) is 0 Å². The fourth-order valence-electron chi connectivity index (χ4n) is 3.17. The summed E-state index contributed by atoms with van der Waals surface area (Å²) in [7, 11) is -3.54. The zero-order chi connectivity index (χ0) is 16.4. The van der Waals surface area contributed by atoms with Crippen molar-refractivity contribution in [3.05, 3.63) is 28.8 Å². The number of nitrogens with zero attached hydrogens (tertiary/aromatic N) is 2. The summed E-state index contributed by atoms with van der Waals surface area (Å²) in [6.07, 6.45) is 4.85. The number of amides is 1. The molecule has 2 saturated heterocycles. The predicted octanol–water partition coefficient (Wildman–Crippen LogP) is 2.75. The Morgan fingerprint density at radius 2 is 1.57 bits per heavy atom. The van der Waals surface area contributed by atoms with E-state index in [-0.39, 0.29) is 16.4 Å². The number of carbonyl (C=O) groups excluding carboxylic acids is 1. The van der Waals surface area contributed by atoms with Crippen LogP contribution in [0.2, 0.25) is 5.02 Å². The maximum Gasteiger partial charge on any atom is 0.255 e. The molecule has 2 fully saturated rings. The fourth-order valence-corrected chi connectivity index (χ4v) is 4.92. The lowest BCUT2D eigenvalue weighted by Gasteiger charge is -2.27. The van der Waals surface area contributed by atoms with Crippen LogP contribution in [-0.4, -0.2) is 49.7 Å². The highest BCUT2D eigenvalue weighted by Crippen LogP contribution is 2.26. The first kappa shape index (κ1) is 16.7.